The summed E-state index contributed by atoms with van der Waals surface area (Å²) in [7, 11) is 4.05. The van der Waals surface area contributed by atoms with Gasteiger partial charge in [0.15, 0.2) is 4.34 Å². The molecule has 0 saturated heterocycles. The van der Waals surface area contributed by atoms with Crippen molar-refractivity contribution in [1.82, 2.24) is 10.2 Å². The number of thioether (sulfide) groups is 1. The van der Waals surface area contributed by atoms with Crippen LogP contribution in [0.3, 0.4) is 0 Å². The standard InChI is InChI=1S/C18H18N4S2/c1-22(2)16-10-8-14(9-11-16)12-19-17-20-21-18(24-17)23-13-15-6-4-3-5-7-15/h3-12H,13H2,1-2H3. The predicted octanol–water partition coefficient (Wildman–Crippen LogP) is 4.65. The van der Waals surface area contributed by atoms with Crippen molar-refractivity contribution in [1.29, 1.82) is 0 Å². The van der Waals surface area contributed by atoms with E-state index in [2.05, 4.69) is 44.4 Å². The van der Waals surface area contributed by atoms with Crippen LogP contribution < -0.4 is 4.90 Å². The summed E-state index contributed by atoms with van der Waals surface area (Å²) < 4.78 is 0.939. The van der Waals surface area contributed by atoms with E-state index in [0.717, 1.165) is 15.7 Å². The van der Waals surface area contributed by atoms with Crippen molar-refractivity contribution in [2.24, 2.45) is 4.99 Å². The van der Waals surface area contributed by atoms with Crippen LogP contribution in [0.15, 0.2) is 63.9 Å². The number of aromatic nitrogens is 2. The number of benzene rings is 2. The fraction of sp³-hybridized carbons (Fsp3) is 0.167. The first-order chi connectivity index (χ1) is 11.7. The van der Waals surface area contributed by atoms with Crippen LogP contribution in [0.4, 0.5) is 10.8 Å². The quantitative estimate of drug-likeness (QED) is 0.477. The van der Waals surface area contributed by atoms with Crippen LogP contribution in [0.25, 0.3) is 0 Å². The van der Waals surface area contributed by atoms with Crippen molar-refractivity contribution >= 4 is 40.1 Å². The van der Waals surface area contributed by atoms with Crippen LogP contribution >= 0.6 is 23.1 Å². The lowest BCUT2D eigenvalue weighted by molar-refractivity contribution is 1.01. The molecule has 122 valence electrons. The summed E-state index contributed by atoms with van der Waals surface area (Å²) in [5, 5.41) is 9.01. The van der Waals surface area contributed by atoms with Crippen molar-refractivity contribution in [3.63, 3.8) is 0 Å². The molecule has 0 aliphatic carbocycles. The van der Waals surface area contributed by atoms with Crippen molar-refractivity contribution in [2.75, 3.05) is 19.0 Å². The SMILES string of the molecule is CN(C)c1ccc(C=Nc2nnc(SCc3ccccc3)s2)cc1. The summed E-state index contributed by atoms with van der Waals surface area (Å²) >= 11 is 3.20. The maximum atomic E-state index is 4.42. The molecular formula is C18H18N4S2. The Kier molecular flexibility index (Phi) is 5.61. The largest absolute Gasteiger partial charge is 0.378 e. The summed E-state index contributed by atoms with van der Waals surface area (Å²) in [5.74, 6) is 0.894. The number of anilines is 1. The van der Waals surface area contributed by atoms with Gasteiger partial charge >= 0.3 is 0 Å². The Bertz CT molecular complexity index is 795. The molecule has 1 aromatic heterocycles. The van der Waals surface area contributed by atoms with E-state index in [-0.39, 0.29) is 0 Å². The topological polar surface area (TPSA) is 41.4 Å². The number of nitrogens with zero attached hydrogens (tertiary/aromatic N) is 4. The van der Waals surface area contributed by atoms with E-state index in [1.807, 2.05) is 50.6 Å². The molecule has 3 aromatic rings. The second-order valence-corrected chi connectivity index (χ2v) is 7.55. The molecule has 24 heavy (non-hydrogen) atoms. The molecule has 0 saturated carbocycles. The average molecular weight is 355 g/mol. The van der Waals surface area contributed by atoms with Gasteiger partial charge in [0.25, 0.3) is 0 Å². The molecule has 4 nitrogen and oxygen atoms in total. The Morgan fingerprint density at radius 1 is 1.04 bits per heavy atom. The van der Waals surface area contributed by atoms with Crippen LogP contribution in [0, 0.1) is 0 Å². The van der Waals surface area contributed by atoms with Gasteiger partial charge in [-0.25, -0.2) is 4.99 Å². The van der Waals surface area contributed by atoms with Gasteiger partial charge in [-0.2, -0.15) is 0 Å². The van der Waals surface area contributed by atoms with E-state index in [1.54, 1.807) is 11.8 Å². The number of rotatable bonds is 6. The molecule has 0 radical (unpaired) electrons. The molecule has 0 atom stereocenters. The summed E-state index contributed by atoms with van der Waals surface area (Å²) in [6.07, 6.45) is 1.82. The first kappa shape index (κ1) is 16.7. The summed E-state index contributed by atoms with van der Waals surface area (Å²) in [4.78, 5) is 6.49. The zero-order valence-corrected chi connectivity index (χ0v) is 15.2. The third kappa shape index (κ3) is 4.66. The van der Waals surface area contributed by atoms with Gasteiger partial charge in [-0.05, 0) is 23.3 Å². The molecule has 0 fully saturated rings. The lowest BCUT2D eigenvalue weighted by Crippen LogP contribution is -2.08. The van der Waals surface area contributed by atoms with Gasteiger partial charge < -0.3 is 4.90 Å². The van der Waals surface area contributed by atoms with Gasteiger partial charge in [-0.15, -0.1) is 10.2 Å². The molecule has 0 spiro atoms. The molecule has 2 aromatic carbocycles. The Balaban J connectivity index is 1.59. The van der Waals surface area contributed by atoms with Crippen molar-refractivity contribution in [3.8, 4) is 0 Å². The van der Waals surface area contributed by atoms with Crippen molar-refractivity contribution in [3.05, 3.63) is 65.7 Å². The van der Waals surface area contributed by atoms with Gasteiger partial charge in [0.1, 0.15) is 0 Å². The highest BCUT2D eigenvalue weighted by Gasteiger charge is 2.04. The van der Waals surface area contributed by atoms with Crippen LogP contribution in [0.2, 0.25) is 0 Å². The molecule has 0 N–H and O–H groups in total. The normalized spacial score (nSPS) is 11.1. The zero-order valence-electron chi connectivity index (χ0n) is 13.6. The fourth-order valence-electron chi connectivity index (χ4n) is 2.02. The monoisotopic (exact) mass is 354 g/mol. The lowest BCUT2D eigenvalue weighted by Gasteiger charge is -2.11. The van der Waals surface area contributed by atoms with Crippen LogP contribution in [-0.4, -0.2) is 30.5 Å². The minimum Gasteiger partial charge on any atom is -0.378 e. The molecule has 0 aliphatic rings. The molecule has 1 heterocycles. The van der Waals surface area contributed by atoms with E-state index < -0.39 is 0 Å². The average Bonchev–Trinajstić information content (AvgIpc) is 3.07. The highest BCUT2D eigenvalue weighted by atomic mass is 32.2. The first-order valence-corrected chi connectivity index (χ1v) is 9.32. The second-order valence-electron chi connectivity index (χ2n) is 5.37. The molecule has 0 bridgehead atoms. The molecule has 3 rings (SSSR count). The Labute approximate surface area is 150 Å². The van der Waals surface area contributed by atoms with Gasteiger partial charge in [0, 0.05) is 31.8 Å². The summed E-state index contributed by atoms with van der Waals surface area (Å²) in [6.45, 7) is 0. The van der Waals surface area contributed by atoms with Crippen molar-refractivity contribution in [2.45, 2.75) is 10.1 Å². The number of aliphatic imine (C=N–C) groups is 1. The van der Waals surface area contributed by atoms with E-state index in [0.29, 0.717) is 5.13 Å². The van der Waals surface area contributed by atoms with Gasteiger partial charge in [0.2, 0.25) is 5.13 Å². The molecule has 6 heteroatoms. The van der Waals surface area contributed by atoms with Gasteiger partial charge in [-0.3, -0.25) is 0 Å². The number of hydrogen-bond acceptors (Lipinski definition) is 6. The summed E-state index contributed by atoms with van der Waals surface area (Å²) in [5.41, 5.74) is 3.50. The predicted molar refractivity (Wildman–Crippen MR) is 104 cm³/mol. The molecule has 0 amide bonds. The molecule has 0 unspecified atom stereocenters. The zero-order chi connectivity index (χ0) is 16.8. The Morgan fingerprint density at radius 3 is 2.50 bits per heavy atom. The Hall–Kier alpha value is -2.18. The maximum absolute atomic E-state index is 4.42. The van der Waals surface area contributed by atoms with Crippen molar-refractivity contribution < 1.29 is 0 Å². The minimum atomic E-state index is 0.683. The fourth-order valence-corrected chi connectivity index (χ4v) is 3.66. The Morgan fingerprint density at radius 2 is 1.79 bits per heavy atom. The minimum absolute atomic E-state index is 0.683. The highest BCUT2D eigenvalue weighted by molar-refractivity contribution is 8.00. The third-order valence-electron chi connectivity index (χ3n) is 3.33. The smallest absolute Gasteiger partial charge is 0.232 e. The van der Waals surface area contributed by atoms with Crippen LogP contribution in [0.1, 0.15) is 11.1 Å². The van der Waals surface area contributed by atoms with Crippen LogP contribution in [-0.2, 0) is 5.75 Å². The highest BCUT2D eigenvalue weighted by Crippen LogP contribution is 2.29. The number of hydrogen-bond donors (Lipinski definition) is 0. The maximum Gasteiger partial charge on any atom is 0.232 e. The van der Waals surface area contributed by atoms with E-state index in [4.69, 9.17) is 0 Å². The first-order valence-electron chi connectivity index (χ1n) is 7.52. The second kappa shape index (κ2) is 8.08. The van der Waals surface area contributed by atoms with Gasteiger partial charge in [-0.1, -0.05) is 65.6 Å². The third-order valence-corrected chi connectivity index (χ3v) is 5.37. The van der Waals surface area contributed by atoms with E-state index in [9.17, 15) is 0 Å². The summed E-state index contributed by atoms with van der Waals surface area (Å²) in [6, 6.07) is 18.6. The van der Waals surface area contributed by atoms with E-state index in [1.165, 1.54) is 22.6 Å². The van der Waals surface area contributed by atoms with E-state index >= 15 is 0 Å². The molecular weight excluding hydrogens is 336 g/mol. The molecule has 0 aliphatic heterocycles. The van der Waals surface area contributed by atoms with Crippen LogP contribution in [0.5, 0.6) is 0 Å². The van der Waals surface area contributed by atoms with Gasteiger partial charge in [0.05, 0.1) is 0 Å². The lowest BCUT2D eigenvalue weighted by atomic mass is 10.2.